The summed E-state index contributed by atoms with van der Waals surface area (Å²) in [5, 5.41) is 4.00. The molecule has 7 nitrogen and oxygen atoms in total. The number of rotatable bonds is 6. The molecule has 0 radical (unpaired) electrons. The number of halogens is 1. The van der Waals surface area contributed by atoms with Gasteiger partial charge >= 0.3 is 5.97 Å². The van der Waals surface area contributed by atoms with Gasteiger partial charge < -0.3 is 18.9 Å². The van der Waals surface area contributed by atoms with Crippen LogP contribution >= 0.6 is 0 Å². The van der Waals surface area contributed by atoms with Crippen LogP contribution in [-0.2, 0) is 25.5 Å². The first kappa shape index (κ1) is 21.5. The van der Waals surface area contributed by atoms with E-state index in [0.29, 0.717) is 49.6 Å². The maximum Gasteiger partial charge on any atom is 0.312 e. The molecule has 8 heteroatoms. The number of hydrogen-bond donors (Lipinski definition) is 0. The van der Waals surface area contributed by atoms with Crippen LogP contribution in [0.25, 0.3) is 11.3 Å². The Balaban J connectivity index is 1.49. The molecule has 1 atom stereocenters. The second kappa shape index (κ2) is 9.18. The highest BCUT2D eigenvalue weighted by atomic mass is 19.1. The molecule has 1 amide bonds. The zero-order valence-corrected chi connectivity index (χ0v) is 17.6. The van der Waals surface area contributed by atoms with E-state index >= 15 is 0 Å². The molecular weight excluding hydrogens is 403 g/mol. The average Bonchev–Trinajstić information content (AvgIpc) is 3.47. The van der Waals surface area contributed by atoms with Crippen LogP contribution in [0.3, 0.4) is 0 Å². The number of aromatic nitrogens is 1. The molecule has 2 aliphatic rings. The Bertz CT molecular complexity index is 930. The van der Waals surface area contributed by atoms with E-state index in [1.54, 1.807) is 36.1 Å². The van der Waals surface area contributed by atoms with Crippen LogP contribution in [0, 0.1) is 11.2 Å². The molecule has 3 heterocycles. The lowest BCUT2D eigenvalue weighted by Crippen LogP contribution is -2.50. The quantitative estimate of drug-likeness (QED) is 0.654. The molecule has 2 fully saturated rings. The van der Waals surface area contributed by atoms with Gasteiger partial charge in [-0.1, -0.05) is 17.3 Å². The van der Waals surface area contributed by atoms with Gasteiger partial charge in [-0.15, -0.1) is 0 Å². The number of likely N-dealkylation sites (tertiary alicyclic amines) is 1. The number of amides is 1. The van der Waals surface area contributed by atoms with Gasteiger partial charge in [0.25, 0.3) is 5.91 Å². The molecule has 2 saturated heterocycles. The molecule has 31 heavy (non-hydrogen) atoms. The fraction of sp³-hybridized carbons (Fsp3) is 0.522. The molecular formula is C23H27FN2O5. The van der Waals surface area contributed by atoms with Crippen molar-refractivity contribution < 1.29 is 28.0 Å². The molecule has 1 unspecified atom stereocenters. The lowest BCUT2D eigenvalue weighted by atomic mass is 9.74. The monoisotopic (exact) mass is 430 g/mol. The van der Waals surface area contributed by atoms with Crippen molar-refractivity contribution in [2.75, 3.05) is 26.3 Å². The van der Waals surface area contributed by atoms with Crippen LogP contribution in [0.5, 0.6) is 0 Å². The summed E-state index contributed by atoms with van der Waals surface area (Å²) < 4.78 is 30.4. The van der Waals surface area contributed by atoms with Gasteiger partial charge in [0.1, 0.15) is 23.4 Å². The summed E-state index contributed by atoms with van der Waals surface area (Å²) in [5.74, 6) is -0.201. The van der Waals surface area contributed by atoms with Crippen molar-refractivity contribution in [3.8, 4) is 11.3 Å². The summed E-state index contributed by atoms with van der Waals surface area (Å²) in [5.41, 5.74) is -0.0761. The SMILES string of the molecule is CCOC(=O)C1(Cc2cc(-c3ccccc3F)no2)CCN(C(=O)C2CCCO2)CC1. The van der Waals surface area contributed by atoms with Crippen LogP contribution in [0.2, 0.25) is 0 Å². The summed E-state index contributed by atoms with van der Waals surface area (Å²) in [4.78, 5) is 27.4. The number of carbonyl (C=O) groups excluding carboxylic acids is 2. The third kappa shape index (κ3) is 4.49. The van der Waals surface area contributed by atoms with E-state index in [2.05, 4.69) is 5.16 Å². The minimum Gasteiger partial charge on any atom is -0.466 e. The summed E-state index contributed by atoms with van der Waals surface area (Å²) in [7, 11) is 0. The van der Waals surface area contributed by atoms with E-state index in [4.69, 9.17) is 14.0 Å². The first-order chi connectivity index (χ1) is 15.0. The molecule has 0 N–H and O–H groups in total. The molecule has 0 saturated carbocycles. The smallest absolute Gasteiger partial charge is 0.312 e. The molecule has 0 spiro atoms. The molecule has 166 valence electrons. The second-order valence-electron chi connectivity index (χ2n) is 8.16. The van der Waals surface area contributed by atoms with Crippen LogP contribution in [0.15, 0.2) is 34.9 Å². The number of piperidine rings is 1. The zero-order valence-electron chi connectivity index (χ0n) is 17.6. The fourth-order valence-corrected chi connectivity index (χ4v) is 4.39. The highest BCUT2D eigenvalue weighted by molar-refractivity contribution is 5.82. The minimum atomic E-state index is -0.810. The summed E-state index contributed by atoms with van der Waals surface area (Å²) >= 11 is 0. The van der Waals surface area contributed by atoms with Crippen molar-refractivity contribution in [2.24, 2.45) is 5.41 Å². The summed E-state index contributed by atoms with van der Waals surface area (Å²) in [6.07, 6.45) is 2.48. The Morgan fingerprint density at radius 1 is 1.29 bits per heavy atom. The Hall–Kier alpha value is -2.74. The topological polar surface area (TPSA) is 81.9 Å². The molecule has 4 rings (SSSR count). The molecule has 2 aliphatic heterocycles. The van der Waals surface area contributed by atoms with E-state index in [9.17, 15) is 14.0 Å². The molecule has 1 aromatic heterocycles. The van der Waals surface area contributed by atoms with Gasteiger partial charge in [0.2, 0.25) is 0 Å². The third-order valence-electron chi connectivity index (χ3n) is 6.17. The number of carbonyl (C=O) groups is 2. The van der Waals surface area contributed by atoms with Crippen molar-refractivity contribution in [1.82, 2.24) is 10.1 Å². The highest BCUT2D eigenvalue weighted by Crippen LogP contribution is 2.38. The van der Waals surface area contributed by atoms with Gasteiger partial charge in [0.15, 0.2) is 0 Å². The first-order valence-corrected chi connectivity index (χ1v) is 10.8. The van der Waals surface area contributed by atoms with Gasteiger partial charge in [0, 0.05) is 37.7 Å². The maximum absolute atomic E-state index is 14.1. The predicted molar refractivity (Wildman–Crippen MR) is 109 cm³/mol. The van der Waals surface area contributed by atoms with E-state index in [1.807, 2.05) is 0 Å². The Morgan fingerprint density at radius 3 is 2.74 bits per heavy atom. The zero-order chi connectivity index (χ0) is 21.8. The van der Waals surface area contributed by atoms with Crippen molar-refractivity contribution >= 4 is 11.9 Å². The van der Waals surface area contributed by atoms with Crippen LogP contribution in [0.1, 0.15) is 38.4 Å². The number of nitrogens with zero attached hydrogens (tertiary/aromatic N) is 2. The van der Waals surface area contributed by atoms with Gasteiger partial charge in [-0.05, 0) is 44.7 Å². The first-order valence-electron chi connectivity index (χ1n) is 10.8. The van der Waals surface area contributed by atoms with Crippen LogP contribution in [0.4, 0.5) is 4.39 Å². The summed E-state index contributed by atoms with van der Waals surface area (Å²) in [6, 6.07) is 8.01. The lowest BCUT2D eigenvalue weighted by Gasteiger charge is -2.40. The normalized spacial score (nSPS) is 20.6. The fourth-order valence-electron chi connectivity index (χ4n) is 4.39. The van der Waals surface area contributed by atoms with Crippen molar-refractivity contribution in [2.45, 2.75) is 45.1 Å². The van der Waals surface area contributed by atoms with Crippen molar-refractivity contribution in [1.29, 1.82) is 0 Å². The van der Waals surface area contributed by atoms with E-state index in [0.717, 1.165) is 12.8 Å². The largest absolute Gasteiger partial charge is 0.466 e. The number of esters is 1. The predicted octanol–water partition coefficient (Wildman–Crippen LogP) is 3.37. The molecule has 1 aromatic carbocycles. The van der Waals surface area contributed by atoms with Crippen molar-refractivity contribution in [3.05, 3.63) is 41.9 Å². The van der Waals surface area contributed by atoms with E-state index in [1.165, 1.54) is 6.07 Å². The number of benzene rings is 1. The van der Waals surface area contributed by atoms with E-state index < -0.39 is 5.41 Å². The number of ether oxygens (including phenoxy) is 2. The third-order valence-corrected chi connectivity index (χ3v) is 6.17. The highest BCUT2D eigenvalue weighted by Gasteiger charge is 2.45. The Kier molecular flexibility index (Phi) is 6.36. The van der Waals surface area contributed by atoms with Gasteiger partial charge in [-0.25, -0.2) is 4.39 Å². The molecule has 2 aromatic rings. The summed E-state index contributed by atoms with van der Waals surface area (Å²) in [6.45, 7) is 3.56. The maximum atomic E-state index is 14.1. The minimum absolute atomic E-state index is 0.00327. The van der Waals surface area contributed by atoms with Gasteiger partial charge in [0.05, 0.1) is 12.0 Å². The lowest BCUT2D eigenvalue weighted by molar-refractivity contribution is -0.161. The van der Waals surface area contributed by atoms with E-state index in [-0.39, 0.29) is 36.8 Å². The Labute approximate surface area is 180 Å². The second-order valence-corrected chi connectivity index (χ2v) is 8.16. The van der Waals surface area contributed by atoms with Gasteiger partial charge in [-0.2, -0.15) is 0 Å². The molecule has 0 bridgehead atoms. The van der Waals surface area contributed by atoms with Crippen LogP contribution < -0.4 is 0 Å². The molecule has 0 aliphatic carbocycles. The number of hydrogen-bond acceptors (Lipinski definition) is 6. The standard InChI is InChI=1S/C23H27FN2O5/c1-2-29-22(28)23(9-11-26(12-10-23)21(27)20-8-5-13-30-20)15-16-14-19(25-31-16)17-6-3-4-7-18(17)24/h3-4,6-7,14,20H,2,5,8-13,15H2,1H3. The average molecular weight is 430 g/mol. The van der Waals surface area contributed by atoms with Gasteiger partial charge in [-0.3, -0.25) is 9.59 Å². The Morgan fingerprint density at radius 2 is 2.06 bits per heavy atom. The van der Waals surface area contributed by atoms with Crippen LogP contribution in [-0.4, -0.2) is 54.3 Å². The van der Waals surface area contributed by atoms with Crippen molar-refractivity contribution in [3.63, 3.8) is 0 Å².